The summed E-state index contributed by atoms with van der Waals surface area (Å²) < 4.78 is 33.5. The van der Waals surface area contributed by atoms with Gasteiger partial charge in [0.1, 0.15) is 5.60 Å². The summed E-state index contributed by atoms with van der Waals surface area (Å²) in [5, 5.41) is 0. The van der Waals surface area contributed by atoms with Crippen molar-refractivity contribution in [2.24, 2.45) is 29.4 Å². The number of carbonyl (C=O) groups excluding carboxylic acids is 1. The topological polar surface area (TPSA) is 55.6 Å². The molecule has 0 aromatic heterocycles. The van der Waals surface area contributed by atoms with Crippen LogP contribution in [0.1, 0.15) is 48.0 Å². The number of fused-ring (bicyclic) bond motifs is 3. The fraction of sp³-hybridized carbons (Fsp3) is 0.682. The number of benzene rings is 1. The lowest BCUT2D eigenvalue weighted by atomic mass is 9.62. The van der Waals surface area contributed by atoms with Crippen LogP contribution in [0.25, 0.3) is 0 Å². The average Bonchev–Trinajstić information content (AvgIpc) is 3.01. The summed E-state index contributed by atoms with van der Waals surface area (Å²) in [4.78, 5) is 14.2. The van der Waals surface area contributed by atoms with E-state index in [9.17, 15) is 13.6 Å². The van der Waals surface area contributed by atoms with Crippen LogP contribution in [0, 0.1) is 23.7 Å². The van der Waals surface area contributed by atoms with Crippen molar-refractivity contribution in [1.82, 2.24) is 4.90 Å². The number of piperidine rings is 1. The van der Waals surface area contributed by atoms with Gasteiger partial charge in [-0.15, -0.1) is 0 Å². The Morgan fingerprint density at radius 2 is 1.82 bits per heavy atom. The smallest absolute Gasteiger partial charge is 0.254 e. The number of halogens is 2. The van der Waals surface area contributed by atoms with Crippen molar-refractivity contribution in [2.75, 3.05) is 20.2 Å². The Bertz CT molecular complexity index is 770. The lowest BCUT2D eigenvalue weighted by Gasteiger charge is -2.56. The molecule has 0 spiro atoms. The maximum absolute atomic E-state index is 13.6. The van der Waals surface area contributed by atoms with Crippen molar-refractivity contribution < 1.29 is 18.3 Å². The molecule has 3 aliphatic carbocycles. The van der Waals surface area contributed by atoms with Crippen LogP contribution in [0.15, 0.2) is 24.3 Å². The number of likely N-dealkylation sites (tertiary alicyclic amines) is 1. The van der Waals surface area contributed by atoms with Crippen LogP contribution in [0.5, 0.6) is 0 Å². The van der Waals surface area contributed by atoms with Crippen LogP contribution < -0.4 is 5.73 Å². The van der Waals surface area contributed by atoms with Crippen LogP contribution >= 0.6 is 0 Å². The highest BCUT2D eigenvalue weighted by Gasteiger charge is 2.72. The van der Waals surface area contributed by atoms with Crippen molar-refractivity contribution in [3.63, 3.8) is 0 Å². The van der Waals surface area contributed by atoms with Gasteiger partial charge in [0, 0.05) is 55.5 Å². The number of rotatable bonds is 4. The molecule has 1 aliphatic heterocycles. The van der Waals surface area contributed by atoms with Crippen LogP contribution in [0.4, 0.5) is 8.78 Å². The molecule has 152 valence electrons. The third-order valence-corrected chi connectivity index (χ3v) is 8.10. The van der Waals surface area contributed by atoms with Gasteiger partial charge >= 0.3 is 0 Å². The molecule has 3 saturated carbocycles. The van der Waals surface area contributed by atoms with Gasteiger partial charge in [-0.25, -0.2) is 8.78 Å². The number of amides is 1. The van der Waals surface area contributed by atoms with Crippen LogP contribution in [-0.4, -0.2) is 43.0 Å². The molecular weight excluding hydrogens is 362 g/mol. The van der Waals surface area contributed by atoms with Gasteiger partial charge in [-0.3, -0.25) is 9.69 Å². The monoisotopic (exact) mass is 390 g/mol. The van der Waals surface area contributed by atoms with E-state index in [1.54, 1.807) is 13.2 Å². The first-order chi connectivity index (χ1) is 13.4. The third kappa shape index (κ3) is 2.50. The summed E-state index contributed by atoms with van der Waals surface area (Å²) >= 11 is 0. The van der Waals surface area contributed by atoms with E-state index < -0.39 is 29.3 Å². The number of hydrogen-bond acceptors (Lipinski definition) is 3. The van der Waals surface area contributed by atoms with E-state index in [-0.39, 0.29) is 6.04 Å². The molecule has 4 unspecified atom stereocenters. The van der Waals surface area contributed by atoms with E-state index in [0.717, 1.165) is 37.9 Å². The Balaban J connectivity index is 1.42. The molecule has 6 heteroatoms. The number of carbonyl (C=O) groups is 1. The molecule has 1 saturated heterocycles. The number of alkyl halides is 2. The molecule has 4 nitrogen and oxygen atoms in total. The SMILES string of the molecule is COC1(c2cccc(C(N)=O)c2)C2CCCC1CN(C1CC3C(C1)C3(F)F)C2. The van der Waals surface area contributed by atoms with Crippen molar-refractivity contribution in [3.8, 4) is 0 Å². The standard InChI is InChI=1S/C22H28F2N2O2/c1-28-21(14-5-2-4-13(8-14)20(25)27)15-6-3-7-16(21)12-26(11-15)17-9-18-19(10-17)22(18,23)24/h2,4-5,8,15-19H,3,6-7,9-12H2,1H3,(H2,25,27). The number of ether oxygens (including phenoxy) is 1. The fourth-order valence-electron chi connectivity index (χ4n) is 6.69. The zero-order valence-corrected chi connectivity index (χ0v) is 16.2. The van der Waals surface area contributed by atoms with Crippen LogP contribution in [-0.2, 0) is 10.3 Å². The highest BCUT2D eigenvalue weighted by molar-refractivity contribution is 5.92. The highest BCUT2D eigenvalue weighted by Crippen LogP contribution is 2.65. The molecule has 0 radical (unpaired) electrons. The normalized spacial score (nSPS) is 41.5. The fourth-order valence-corrected chi connectivity index (χ4v) is 6.69. The van der Waals surface area contributed by atoms with E-state index in [1.807, 2.05) is 18.2 Å². The lowest BCUT2D eigenvalue weighted by molar-refractivity contribution is -0.175. The van der Waals surface area contributed by atoms with Gasteiger partial charge in [-0.2, -0.15) is 0 Å². The van der Waals surface area contributed by atoms with Crippen molar-refractivity contribution in [1.29, 1.82) is 0 Å². The van der Waals surface area contributed by atoms with E-state index >= 15 is 0 Å². The summed E-state index contributed by atoms with van der Waals surface area (Å²) in [6.45, 7) is 1.75. The largest absolute Gasteiger partial charge is 0.373 e. The van der Waals surface area contributed by atoms with Gasteiger partial charge in [0.15, 0.2) is 0 Å². The molecule has 1 amide bonds. The molecule has 2 N–H and O–H groups in total. The van der Waals surface area contributed by atoms with Crippen LogP contribution in [0.2, 0.25) is 0 Å². The van der Waals surface area contributed by atoms with Crippen LogP contribution in [0.3, 0.4) is 0 Å². The summed E-state index contributed by atoms with van der Waals surface area (Å²) in [5.41, 5.74) is 6.62. The van der Waals surface area contributed by atoms with Gasteiger partial charge in [-0.1, -0.05) is 18.6 Å². The predicted octanol–water partition coefficient (Wildman–Crippen LogP) is 3.40. The maximum atomic E-state index is 13.6. The molecule has 5 rings (SSSR count). The second-order valence-corrected chi connectivity index (χ2v) is 9.23. The van der Waals surface area contributed by atoms with E-state index in [4.69, 9.17) is 10.5 Å². The highest BCUT2D eigenvalue weighted by atomic mass is 19.3. The molecular formula is C22H28F2N2O2. The minimum Gasteiger partial charge on any atom is -0.373 e. The predicted molar refractivity (Wildman–Crippen MR) is 101 cm³/mol. The summed E-state index contributed by atoms with van der Waals surface area (Å²) in [7, 11) is 1.77. The van der Waals surface area contributed by atoms with Gasteiger partial charge in [-0.05, 0) is 43.4 Å². The Morgan fingerprint density at radius 1 is 1.18 bits per heavy atom. The second kappa shape index (κ2) is 6.23. The van der Waals surface area contributed by atoms with Crippen molar-refractivity contribution in [3.05, 3.63) is 35.4 Å². The number of methoxy groups -OCH3 is 1. The zero-order valence-electron chi connectivity index (χ0n) is 16.2. The number of nitrogens with two attached hydrogens (primary N) is 1. The van der Waals surface area contributed by atoms with Crippen molar-refractivity contribution in [2.45, 2.75) is 49.7 Å². The molecule has 4 fully saturated rings. The first-order valence-corrected chi connectivity index (χ1v) is 10.4. The van der Waals surface area contributed by atoms with Gasteiger partial charge in [0.2, 0.25) is 5.91 Å². The Hall–Kier alpha value is -1.53. The maximum Gasteiger partial charge on any atom is 0.254 e. The quantitative estimate of drug-likeness (QED) is 0.857. The minimum atomic E-state index is -2.41. The summed E-state index contributed by atoms with van der Waals surface area (Å²) in [6, 6.07) is 7.83. The van der Waals surface area contributed by atoms with Crippen molar-refractivity contribution >= 4 is 5.91 Å². The Labute approximate surface area is 164 Å². The molecule has 2 bridgehead atoms. The molecule has 1 heterocycles. The zero-order chi connectivity index (χ0) is 19.7. The molecule has 1 aromatic rings. The minimum absolute atomic E-state index is 0.282. The summed E-state index contributed by atoms with van der Waals surface area (Å²) in [5.74, 6) is -3.02. The molecule has 4 aliphatic rings. The first kappa shape index (κ1) is 18.5. The van der Waals surface area contributed by atoms with Gasteiger partial charge in [0.05, 0.1) is 0 Å². The first-order valence-electron chi connectivity index (χ1n) is 10.4. The Morgan fingerprint density at radius 3 is 2.39 bits per heavy atom. The molecule has 28 heavy (non-hydrogen) atoms. The van der Waals surface area contributed by atoms with E-state index in [2.05, 4.69) is 4.90 Å². The molecule has 4 atom stereocenters. The van der Waals surface area contributed by atoms with Gasteiger partial charge in [0.25, 0.3) is 5.92 Å². The molecule has 1 aromatic carbocycles. The average molecular weight is 390 g/mol. The Kier molecular flexibility index (Phi) is 4.12. The second-order valence-electron chi connectivity index (χ2n) is 9.23. The van der Waals surface area contributed by atoms with E-state index in [1.165, 1.54) is 0 Å². The summed E-state index contributed by atoms with van der Waals surface area (Å²) in [6.07, 6.45) is 4.54. The van der Waals surface area contributed by atoms with E-state index in [0.29, 0.717) is 30.2 Å². The number of hydrogen-bond donors (Lipinski definition) is 1. The lowest BCUT2D eigenvalue weighted by Crippen LogP contribution is -2.60. The van der Waals surface area contributed by atoms with Gasteiger partial charge < -0.3 is 10.5 Å². The third-order valence-electron chi connectivity index (χ3n) is 8.10. The number of nitrogens with zero attached hydrogens (tertiary/aromatic N) is 1. The number of primary amides is 1.